The van der Waals surface area contributed by atoms with Gasteiger partial charge in [-0.05, 0) is 49.2 Å². The van der Waals surface area contributed by atoms with Crippen LogP contribution in [0.1, 0.15) is 18.9 Å². The molecule has 2 aromatic carbocycles. The van der Waals surface area contributed by atoms with Crippen molar-refractivity contribution in [2.45, 2.75) is 19.8 Å². The molecule has 0 atom stereocenters. The summed E-state index contributed by atoms with van der Waals surface area (Å²) in [6.07, 6.45) is 6.68. The van der Waals surface area contributed by atoms with Crippen molar-refractivity contribution in [3.63, 3.8) is 0 Å². The minimum absolute atomic E-state index is 0.0106. The third kappa shape index (κ3) is 4.60. The lowest BCUT2D eigenvalue weighted by Crippen LogP contribution is -2.12. The normalized spacial score (nSPS) is 10.8. The highest BCUT2D eigenvalue weighted by atomic mass is 16.5. The highest BCUT2D eigenvalue weighted by molar-refractivity contribution is 5.91. The van der Waals surface area contributed by atoms with E-state index in [0.717, 1.165) is 28.3 Å². The lowest BCUT2D eigenvalue weighted by Gasteiger charge is -2.07. The Morgan fingerprint density at radius 3 is 2.62 bits per heavy atom. The summed E-state index contributed by atoms with van der Waals surface area (Å²) in [5, 5.41) is 2.95. The van der Waals surface area contributed by atoms with E-state index in [2.05, 4.69) is 15.3 Å². The summed E-state index contributed by atoms with van der Waals surface area (Å²) in [5.41, 5.74) is 3.70. The number of carbonyl (C=O) groups is 1. The van der Waals surface area contributed by atoms with Crippen molar-refractivity contribution >= 4 is 17.4 Å². The summed E-state index contributed by atoms with van der Waals surface area (Å²) < 4.78 is 7.32. The molecule has 6 heteroatoms. The maximum absolute atomic E-state index is 12.3. The van der Waals surface area contributed by atoms with Crippen LogP contribution in [0.25, 0.3) is 17.0 Å². The van der Waals surface area contributed by atoms with Gasteiger partial charge in [0.1, 0.15) is 5.75 Å². The van der Waals surface area contributed by atoms with Gasteiger partial charge in [-0.1, -0.05) is 24.3 Å². The molecular formula is C23H22N4O2. The number of benzene rings is 2. The van der Waals surface area contributed by atoms with Gasteiger partial charge in [0, 0.05) is 36.3 Å². The zero-order chi connectivity index (χ0) is 20.1. The van der Waals surface area contributed by atoms with Crippen LogP contribution in [0.3, 0.4) is 0 Å². The van der Waals surface area contributed by atoms with Crippen LogP contribution < -0.4 is 10.1 Å². The second-order valence-electron chi connectivity index (χ2n) is 6.66. The number of rotatable bonds is 7. The van der Waals surface area contributed by atoms with Crippen LogP contribution in [0.2, 0.25) is 0 Å². The fourth-order valence-electron chi connectivity index (χ4n) is 3.09. The van der Waals surface area contributed by atoms with Gasteiger partial charge >= 0.3 is 0 Å². The first-order chi connectivity index (χ1) is 14.2. The number of anilines is 1. The van der Waals surface area contributed by atoms with Crippen molar-refractivity contribution in [3.8, 4) is 17.0 Å². The Morgan fingerprint density at radius 2 is 1.90 bits per heavy atom. The first kappa shape index (κ1) is 18.7. The second kappa shape index (κ2) is 8.56. The number of ether oxygens (including phenoxy) is 1. The molecule has 0 radical (unpaired) electrons. The molecule has 1 amide bonds. The number of aryl methyl sites for hydroxylation is 1. The van der Waals surface area contributed by atoms with Crippen molar-refractivity contribution in [1.82, 2.24) is 14.4 Å². The Morgan fingerprint density at radius 1 is 1.10 bits per heavy atom. The number of fused-ring (bicyclic) bond motifs is 1. The van der Waals surface area contributed by atoms with Gasteiger partial charge in [-0.15, -0.1) is 0 Å². The molecule has 2 heterocycles. The second-order valence-corrected chi connectivity index (χ2v) is 6.66. The minimum Gasteiger partial charge on any atom is -0.494 e. The summed E-state index contributed by atoms with van der Waals surface area (Å²) in [5.74, 6) is 1.50. The molecule has 0 fully saturated rings. The average Bonchev–Trinajstić information content (AvgIpc) is 3.18. The molecule has 4 rings (SSSR count). The average molecular weight is 386 g/mol. The minimum atomic E-state index is -0.0106. The van der Waals surface area contributed by atoms with Crippen molar-refractivity contribution in [1.29, 1.82) is 0 Å². The summed E-state index contributed by atoms with van der Waals surface area (Å²) >= 11 is 0. The molecule has 29 heavy (non-hydrogen) atoms. The maximum atomic E-state index is 12.3. The van der Waals surface area contributed by atoms with Crippen LogP contribution in [0, 0.1) is 0 Å². The van der Waals surface area contributed by atoms with Crippen LogP contribution in [0.15, 0.2) is 73.2 Å². The number of imidazole rings is 1. The van der Waals surface area contributed by atoms with Crippen molar-refractivity contribution in [2.24, 2.45) is 0 Å². The summed E-state index contributed by atoms with van der Waals surface area (Å²) in [6, 6.07) is 17.4. The zero-order valence-electron chi connectivity index (χ0n) is 16.2. The number of nitrogens with zero attached hydrogens (tertiary/aromatic N) is 3. The molecule has 6 nitrogen and oxygen atoms in total. The molecule has 146 valence electrons. The fourth-order valence-corrected chi connectivity index (χ4v) is 3.09. The lowest BCUT2D eigenvalue weighted by molar-refractivity contribution is -0.116. The molecule has 0 aliphatic rings. The number of carbonyl (C=O) groups excluding carboxylic acids is 1. The molecule has 0 aliphatic carbocycles. The van der Waals surface area contributed by atoms with Crippen molar-refractivity contribution < 1.29 is 9.53 Å². The molecule has 1 N–H and O–H groups in total. The van der Waals surface area contributed by atoms with Crippen LogP contribution >= 0.6 is 0 Å². The Bertz CT molecular complexity index is 1070. The molecule has 0 bridgehead atoms. The maximum Gasteiger partial charge on any atom is 0.234 e. The Hall–Kier alpha value is -3.67. The number of aromatic nitrogens is 3. The van der Waals surface area contributed by atoms with E-state index in [1.54, 1.807) is 6.20 Å². The topological polar surface area (TPSA) is 68.5 Å². The standard InChI is InChI=1S/C23H22N4O2/c1-2-29-20-11-4-17(5-12-20)6-13-22(28)25-19-9-7-18(8-10-19)21-16-27-15-3-14-24-23(27)26-21/h3-5,7-12,14-16H,2,6,13H2,1H3,(H,25,28). The number of amides is 1. The van der Waals surface area contributed by atoms with E-state index in [9.17, 15) is 4.79 Å². The molecule has 4 aromatic rings. The molecule has 0 spiro atoms. The van der Waals surface area contributed by atoms with Crippen LogP contribution in [-0.2, 0) is 11.2 Å². The van der Waals surface area contributed by atoms with E-state index >= 15 is 0 Å². The third-order valence-corrected chi connectivity index (χ3v) is 4.58. The number of nitrogens with one attached hydrogen (secondary N) is 1. The van der Waals surface area contributed by atoms with Gasteiger partial charge in [0.05, 0.1) is 12.3 Å². The van der Waals surface area contributed by atoms with Gasteiger partial charge in [0.2, 0.25) is 11.7 Å². The van der Waals surface area contributed by atoms with Crippen molar-refractivity contribution in [3.05, 3.63) is 78.8 Å². The molecule has 0 saturated carbocycles. The molecule has 0 unspecified atom stereocenters. The lowest BCUT2D eigenvalue weighted by atomic mass is 10.1. The molecule has 2 aromatic heterocycles. The highest BCUT2D eigenvalue weighted by Gasteiger charge is 2.07. The molecule has 0 saturated heterocycles. The van der Waals surface area contributed by atoms with Crippen LogP contribution in [-0.4, -0.2) is 26.9 Å². The zero-order valence-corrected chi connectivity index (χ0v) is 16.2. The summed E-state index contributed by atoms with van der Waals surface area (Å²) in [6.45, 7) is 2.61. The Kier molecular flexibility index (Phi) is 5.52. The number of hydrogen-bond donors (Lipinski definition) is 1. The molecule has 0 aliphatic heterocycles. The van der Waals surface area contributed by atoms with Crippen molar-refractivity contribution in [2.75, 3.05) is 11.9 Å². The number of hydrogen-bond acceptors (Lipinski definition) is 4. The summed E-state index contributed by atoms with van der Waals surface area (Å²) in [7, 11) is 0. The van der Waals surface area contributed by atoms with E-state index in [1.807, 2.05) is 78.3 Å². The van der Waals surface area contributed by atoms with Crippen LogP contribution in [0.4, 0.5) is 5.69 Å². The largest absolute Gasteiger partial charge is 0.494 e. The highest BCUT2D eigenvalue weighted by Crippen LogP contribution is 2.21. The van der Waals surface area contributed by atoms with E-state index < -0.39 is 0 Å². The third-order valence-electron chi connectivity index (χ3n) is 4.58. The van der Waals surface area contributed by atoms with Gasteiger partial charge < -0.3 is 10.1 Å². The van der Waals surface area contributed by atoms with E-state index in [0.29, 0.717) is 25.2 Å². The Labute approximate surface area is 169 Å². The molecular weight excluding hydrogens is 364 g/mol. The van der Waals surface area contributed by atoms with Gasteiger partial charge in [0.15, 0.2) is 0 Å². The predicted molar refractivity (Wildman–Crippen MR) is 113 cm³/mol. The summed E-state index contributed by atoms with van der Waals surface area (Å²) in [4.78, 5) is 21.0. The first-order valence-corrected chi connectivity index (χ1v) is 9.63. The van der Waals surface area contributed by atoms with Crippen LogP contribution in [0.5, 0.6) is 5.75 Å². The van der Waals surface area contributed by atoms with E-state index in [1.165, 1.54) is 0 Å². The van der Waals surface area contributed by atoms with E-state index in [4.69, 9.17) is 4.74 Å². The predicted octanol–water partition coefficient (Wildman–Crippen LogP) is 4.37. The SMILES string of the molecule is CCOc1ccc(CCC(=O)Nc2ccc(-c3cn4cccnc4n3)cc2)cc1. The van der Waals surface area contributed by atoms with Gasteiger partial charge in [-0.2, -0.15) is 0 Å². The monoisotopic (exact) mass is 386 g/mol. The van der Waals surface area contributed by atoms with Gasteiger partial charge in [-0.25, -0.2) is 9.97 Å². The van der Waals surface area contributed by atoms with E-state index in [-0.39, 0.29) is 5.91 Å². The first-order valence-electron chi connectivity index (χ1n) is 9.63. The fraction of sp³-hybridized carbons (Fsp3) is 0.174. The quantitative estimate of drug-likeness (QED) is 0.512. The Balaban J connectivity index is 1.33. The smallest absolute Gasteiger partial charge is 0.234 e. The van der Waals surface area contributed by atoms with Gasteiger partial charge in [0.25, 0.3) is 0 Å². The van der Waals surface area contributed by atoms with Gasteiger partial charge in [-0.3, -0.25) is 9.20 Å².